The molecule has 0 aromatic heterocycles. The largest absolute Gasteiger partial charge is 0.465 e. The van der Waals surface area contributed by atoms with Crippen molar-refractivity contribution in [3.63, 3.8) is 0 Å². The Hall–Kier alpha value is -2.72. The highest BCUT2D eigenvalue weighted by Gasteiger charge is 2.34. The van der Waals surface area contributed by atoms with Crippen LogP contribution in [0, 0.1) is 0 Å². The maximum absolute atomic E-state index is 12.7. The minimum absolute atomic E-state index is 0.128. The summed E-state index contributed by atoms with van der Waals surface area (Å²) in [5.74, 6) is -3.52. The van der Waals surface area contributed by atoms with Crippen molar-refractivity contribution >= 4 is 35.2 Å². The zero-order chi connectivity index (χ0) is 19.1. The van der Waals surface area contributed by atoms with Crippen molar-refractivity contribution in [1.29, 1.82) is 0 Å². The van der Waals surface area contributed by atoms with Gasteiger partial charge in [-0.25, -0.2) is 0 Å². The van der Waals surface area contributed by atoms with Gasteiger partial charge in [0.15, 0.2) is 0 Å². The van der Waals surface area contributed by atoms with Crippen molar-refractivity contribution in [2.24, 2.45) is 0 Å². The number of hydrogen-bond donors (Lipinski definition) is 0. The van der Waals surface area contributed by atoms with Crippen LogP contribution in [0.25, 0.3) is 6.08 Å². The van der Waals surface area contributed by atoms with E-state index in [1.807, 2.05) is 0 Å². The fraction of sp³-hybridized carbons (Fsp3) is 0.190. The predicted octanol–water partition coefficient (Wildman–Crippen LogP) is 4.23. The Labute approximate surface area is 157 Å². The minimum Gasteiger partial charge on any atom is -0.465 e. The second-order valence-electron chi connectivity index (χ2n) is 5.67. The van der Waals surface area contributed by atoms with Crippen LogP contribution in [-0.2, 0) is 19.1 Å². The van der Waals surface area contributed by atoms with E-state index < -0.39 is 23.5 Å². The van der Waals surface area contributed by atoms with Crippen molar-refractivity contribution in [3.05, 3.63) is 76.3 Å². The van der Waals surface area contributed by atoms with Crippen LogP contribution in [0.5, 0.6) is 0 Å². The molecule has 0 bridgehead atoms. The molecule has 0 aliphatic carbocycles. The van der Waals surface area contributed by atoms with Crippen LogP contribution < -0.4 is 0 Å². The first-order chi connectivity index (χ1) is 12.4. The van der Waals surface area contributed by atoms with Crippen LogP contribution in [0.3, 0.4) is 0 Å². The van der Waals surface area contributed by atoms with Crippen molar-refractivity contribution < 1.29 is 19.1 Å². The summed E-state index contributed by atoms with van der Waals surface area (Å²) in [4.78, 5) is 37.6. The highest BCUT2D eigenvalue weighted by atomic mass is 35.5. The third-order valence-electron chi connectivity index (χ3n) is 3.75. The van der Waals surface area contributed by atoms with E-state index in [1.165, 1.54) is 0 Å². The molecular formula is C21H19ClO4. The van der Waals surface area contributed by atoms with E-state index in [1.54, 1.807) is 74.5 Å². The molecule has 0 amide bonds. The first-order valence-electron chi connectivity index (χ1n) is 8.18. The molecule has 26 heavy (non-hydrogen) atoms. The van der Waals surface area contributed by atoms with Crippen LogP contribution in [0.2, 0.25) is 5.02 Å². The number of esters is 1. The molecule has 1 unspecified atom stereocenters. The summed E-state index contributed by atoms with van der Waals surface area (Å²) in [5, 5.41) is 0.577. The van der Waals surface area contributed by atoms with E-state index >= 15 is 0 Å². The lowest BCUT2D eigenvalue weighted by atomic mass is 9.90. The molecule has 0 aliphatic heterocycles. The van der Waals surface area contributed by atoms with Crippen LogP contribution in [0.4, 0.5) is 0 Å². The van der Waals surface area contributed by atoms with Crippen LogP contribution >= 0.6 is 11.6 Å². The number of hydrogen-bond acceptors (Lipinski definition) is 4. The molecule has 0 saturated carbocycles. The lowest BCUT2D eigenvalue weighted by molar-refractivity contribution is -0.150. The maximum Gasteiger partial charge on any atom is 0.321 e. The quantitative estimate of drug-likeness (QED) is 0.317. The highest BCUT2D eigenvalue weighted by Crippen LogP contribution is 2.21. The molecule has 0 N–H and O–H groups in total. The number of Topliss-reactive ketones (excluding diaryl/α,β-unsaturated/α-hetero) is 2. The first-order valence-corrected chi connectivity index (χ1v) is 8.55. The summed E-state index contributed by atoms with van der Waals surface area (Å²) in [5.41, 5.74) is 1.41. The summed E-state index contributed by atoms with van der Waals surface area (Å²) in [6, 6.07) is 15.3. The third-order valence-corrected chi connectivity index (χ3v) is 4.00. The lowest BCUT2D eigenvalue weighted by Gasteiger charge is -2.14. The molecule has 134 valence electrons. The third kappa shape index (κ3) is 4.90. The Bertz CT molecular complexity index is 823. The number of allylic oxidation sites excluding steroid dienone is 1. The highest BCUT2D eigenvalue weighted by molar-refractivity contribution is 6.48. The zero-order valence-electron chi connectivity index (χ0n) is 14.6. The number of benzene rings is 2. The smallest absolute Gasteiger partial charge is 0.321 e. The van der Waals surface area contributed by atoms with Crippen LogP contribution in [0.15, 0.2) is 60.2 Å². The number of halogens is 1. The van der Waals surface area contributed by atoms with Gasteiger partial charge >= 0.3 is 5.97 Å². The molecule has 0 spiro atoms. The van der Waals surface area contributed by atoms with Gasteiger partial charge in [-0.15, -0.1) is 0 Å². The summed E-state index contributed by atoms with van der Waals surface area (Å²) in [6.07, 6.45) is 1.59. The van der Waals surface area contributed by atoms with Gasteiger partial charge in [-0.3, -0.25) is 14.4 Å². The summed E-state index contributed by atoms with van der Waals surface area (Å²) in [7, 11) is 0. The molecule has 2 aromatic carbocycles. The second kappa shape index (κ2) is 9.11. The van der Waals surface area contributed by atoms with Crippen molar-refractivity contribution in [2.75, 3.05) is 6.61 Å². The molecule has 0 saturated heterocycles. The van der Waals surface area contributed by atoms with Gasteiger partial charge in [0.25, 0.3) is 0 Å². The Kier molecular flexibility index (Phi) is 6.87. The molecule has 5 heteroatoms. The Morgan fingerprint density at radius 1 is 1.04 bits per heavy atom. The molecule has 2 rings (SSSR count). The van der Waals surface area contributed by atoms with Crippen molar-refractivity contribution in [3.8, 4) is 0 Å². The number of carbonyl (C=O) groups excluding carboxylic acids is 3. The molecule has 4 nitrogen and oxygen atoms in total. The van der Waals surface area contributed by atoms with Gasteiger partial charge in [0.1, 0.15) is 5.92 Å². The summed E-state index contributed by atoms with van der Waals surface area (Å²) >= 11 is 5.84. The second-order valence-corrected chi connectivity index (χ2v) is 6.10. The molecule has 2 aromatic rings. The minimum atomic E-state index is -1.27. The lowest BCUT2D eigenvalue weighted by Crippen LogP contribution is -2.30. The number of carbonyl (C=O) groups is 3. The van der Waals surface area contributed by atoms with Gasteiger partial charge in [-0.05, 0) is 43.2 Å². The normalized spacial score (nSPS) is 12.3. The summed E-state index contributed by atoms with van der Waals surface area (Å²) in [6.45, 7) is 3.32. The van der Waals surface area contributed by atoms with E-state index in [4.69, 9.17) is 16.3 Å². The van der Waals surface area contributed by atoms with Gasteiger partial charge < -0.3 is 4.74 Å². The molecule has 0 fully saturated rings. The van der Waals surface area contributed by atoms with Crippen molar-refractivity contribution in [2.45, 2.75) is 19.8 Å². The average Bonchev–Trinajstić information content (AvgIpc) is 2.64. The van der Waals surface area contributed by atoms with E-state index in [0.29, 0.717) is 10.6 Å². The Balaban J connectivity index is 2.30. The van der Waals surface area contributed by atoms with E-state index in [0.717, 1.165) is 5.56 Å². The molecule has 0 radical (unpaired) electrons. The molecule has 1 atom stereocenters. The Morgan fingerprint density at radius 3 is 2.23 bits per heavy atom. The van der Waals surface area contributed by atoms with Gasteiger partial charge in [-0.2, -0.15) is 0 Å². The summed E-state index contributed by atoms with van der Waals surface area (Å²) < 4.78 is 4.99. The number of rotatable bonds is 7. The first kappa shape index (κ1) is 19.6. The topological polar surface area (TPSA) is 60.4 Å². The SMILES string of the molecule is CCOC(=O)C(C(=O)C(=O)/C(C)=C/c1ccc(Cl)cc1)c1ccccc1. The fourth-order valence-corrected chi connectivity index (χ4v) is 2.59. The van der Waals surface area contributed by atoms with E-state index in [2.05, 4.69) is 0 Å². The fourth-order valence-electron chi connectivity index (χ4n) is 2.47. The molecular weight excluding hydrogens is 352 g/mol. The van der Waals surface area contributed by atoms with E-state index in [-0.39, 0.29) is 12.2 Å². The van der Waals surface area contributed by atoms with E-state index in [9.17, 15) is 14.4 Å². The average molecular weight is 371 g/mol. The Morgan fingerprint density at radius 2 is 1.65 bits per heavy atom. The standard InChI is InChI=1S/C21H19ClO4/c1-3-26-21(25)18(16-7-5-4-6-8-16)20(24)19(23)14(2)13-15-9-11-17(22)12-10-15/h4-13,18H,3H2,1-2H3/b14-13+. The maximum atomic E-state index is 12.7. The van der Waals surface area contributed by atoms with Gasteiger partial charge in [-0.1, -0.05) is 54.1 Å². The zero-order valence-corrected chi connectivity index (χ0v) is 15.3. The number of ether oxygens (including phenoxy) is 1. The van der Waals surface area contributed by atoms with Gasteiger partial charge in [0.2, 0.25) is 11.6 Å². The van der Waals surface area contributed by atoms with Crippen LogP contribution in [-0.4, -0.2) is 24.1 Å². The van der Waals surface area contributed by atoms with Gasteiger partial charge in [0.05, 0.1) is 6.61 Å². The predicted molar refractivity (Wildman–Crippen MR) is 101 cm³/mol. The number of ketones is 2. The van der Waals surface area contributed by atoms with Crippen LogP contribution in [0.1, 0.15) is 30.9 Å². The monoisotopic (exact) mass is 370 g/mol. The molecule has 0 heterocycles. The molecule has 0 aliphatic rings. The van der Waals surface area contributed by atoms with Crippen molar-refractivity contribution in [1.82, 2.24) is 0 Å². The van der Waals surface area contributed by atoms with Gasteiger partial charge in [0, 0.05) is 10.6 Å².